The monoisotopic (exact) mass is 245 g/mol. The molecule has 4 nitrogen and oxygen atoms in total. The molecule has 1 rings (SSSR count). The average molecular weight is 245 g/mol. The molecule has 0 fully saturated rings. The Labute approximate surface area is 97.2 Å². The van der Waals surface area contributed by atoms with Crippen LogP contribution in [-0.2, 0) is 4.74 Å². The van der Waals surface area contributed by atoms with Crippen LogP contribution >= 0.6 is 0 Å². The number of benzene rings is 1. The van der Waals surface area contributed by atoms with Crippen molar-refractivity contribution in [3.05, 3.63) is 35.4 Å². The highest BCUT2D eigenvalue weighted by Crippen LogP contribution is 2.08. The Morgan fingerprint density at radius 1 is 1.29 bits per heavy atom. The number of amides is 1. The highest BCUT2D eigenvalue weighted by Gasteiger charge is 2.08. The van der Waals surface area contributed by atoms with E-state index >= 15 is 0 Å². The summed E-state index contributed by atoms with van der Waals surface area (Å²) >= 11 is 0. The first-order valence-electron chi connectivity index (χ1n) is 5.07. The fourth-order valence-electron chi connectivity index (χ4n) is 1.14. The second-order valence-corrected chi connectivity index (χ2v) is 3.22. The lowest BCUT2D eigenvalue weighted by Crippen LogP contribution is -2.27. The third-order valence-electron chi connectivity index (χ3n) is 1.95. The highest BCUT2D eigenvalue weighted by atomic mass is 19.2. The van der Waals surface area contributed by atoms with Gasteiger partial charge in [-0.25, -0.2) is 8.78 Å². The predicted molar refractivity (Wildman–Crippen MR) is 56.6 cm³/mol. The Morgan fingerprint density at radius 2 is 2.06 bits per heavy atom. The van der Waals surface area contributed by atoms with Gasteiger partial charge in [0.1, 0.15) is 0 Å². The van der Waals surface area contributed by atoms with Crippen LogP contribution in [0.4, 0.5) is 8.78 Å². The maximum atomic E-state index is 12.8. The minimum Gasteiger partial charge on any atom is -0.394 e. The minimum atomic E-state index is -1.06. The number of aliphatic hydroxyl groups is 1. The molecule has 1 aromatic carbocycles. The lowest BCUT2D eigenvalue weighted by Gasteiger charge is -2.05. The van der Waals surface area contributed by atoms with Gasteiger partial charge >= 0.3 is 0 Å². The first-order valence-corrected chi connectivity index (χ1v) is 5.07. The van der Waals surface area contributed by atoms with Gasteiger partial charge in [-0.2, -0.15) is 0 Å². The number of carbonyl (C=O) groups is 1. The predicted octanol–water partition coefficient (Wildman–Crippen LogP) is 0.703. The zero-order chi connectivity index (χ0) is 12.7. The van der Waals surface area contributed by atoms with E-state index in [9.17, 15) is 13.6 Å². The lowest BCUT2D eigenvalue weighted by atomic mass is 10.2. The van der Waals surface area contributed by atoms with Crippen molar-refractivity contribution in [3.63, 3.8) is 0 Å². The van der Waals surface area contributed by atoms with Crippen molar-refractivity contribution in [2.75, 3.05) is 26.4 Å². The summed E-state index contributed by atoms with van der Waals surface area (Å²) in [6.07, 6.45) is 0. The van der Waals surface area contributed by atoms with E-state index in [1.54, 1.807) is 0 Å². The van der Waals surface area contributed by atoms with E-state index in [1.807, 2.05) is 0 Å². The molecule has 1 aromatic rings. The Bertz CT molecular complexity index is 385. The molecule has 2 N–H and O–H groups in total. The van der Waals surface area contributed by atoms with Crippen molar-refractivity contribution in [2.24, 2.45) is 0 Å². The van der Waals surface area contributed by atoms with Crippen LogP contribution in [-0.4, -0.2) is 37.4 Å². The zero-order valence-corrected chi connectivity index (χ0v) is 9.08. The molecular weight excluding hydrogens is 232 g/mol. The van der Waals surface area contributed by atoms with Gasteiger partial charge in [-0.3, -0.25) is 4.79 Å². The maximum Gasteiger partial charge on any atom is 0.251 e. The summed E-state index contributed by atoms with van der Waals surface area (Å²) in [5.74, 6) is -2.56. The second kappa shape index (κ2) is 6.93. The van der Waals surface area contributed by atoms with Crippen molar-refractivity contribution < 1.29 is 23.4 Å². The third-order valence-corrected chi connectivity index (χ3v) is 1.95. The standard InChI is InChI=1S/C11H13F2NO3/c12-9-2-1-8(7-10(9)13)11(16)14-3-5-17-6-4-15/h1-2,7,15H,3-6H2,(H,14,16). The van der Waals surface area contributed by atoms with E-state index in [0.29, 0.717) is 0 Å². The van der Waals surface area contributed by atoms with Gasteiger partial charge in [0.05, 0.1) is 19.8 Å². The number of halogens is 2. The minimum absolute atomic E-state index is 0.0473. The molecule has 17 heavy (non-hydrogen) atoms. The molecule has 0 heterocycles. The molecule has 0 aliphatic heterocycles. The van der Waals surface area contributed by atoms with Crippen LogP contribution in [0.1, 0.15) is 10.4 Å². The number of ether oxygens (including phenoxy) is 1. The number of carbonyl (C=O) groups excluding carboxylic acids is 1. The normalized spacial score (nSPS) is 10.3. The summed E-state index contributed by atoms with van der Waals surface area (Å²) in [5, 5.41) is 10.9. The van der Waals surface area contributed by atoms with Gasteiger partial charge in [0, 0.05) is 12.1 Å². The van der Waals surface area contributed by atoms with E-state index in [1.165, 1.54) is 6.07 Å². The van der Waals surface area contributed by atoms with Crippen LogP contribution in [0.2, 0.25) is 0 Å². The van der Waals surface area contributed by atoms with Crippen molar-refractivity contribution in [3.8, 4) is 0 Å². The van der Waals surface area contributed by atoms with E-state index < -0.39 is 17.5 Å². The third kappa shape index (κ3) is 4.46. The largest absolute Gasteiger partial charge is 0.394 e. The number of hydrogen-bond acceptors (Lipinski definition) is 3. The van der Waals surface area contributed by atoms with Gasteiger partial charge in [-0.05, 0) is 18.2 Å². The SMILES string of the molecule is O=C(NCCOCCO)c1ccc(F)c(F)c1. The summed E-state index contributed by atoms with van der Waals surface area (Å²) < 4.78 is 30.3. The Balaban J connectivity index is 2.39. The van der Waals surface area contributed by atoms with Gasteiger partial charge in [0.2, 0.25) is 0 Å². The van der Waals surface area contributed by atoms with E-state index in [4.69, 9.17) is 9.84 Å². The summed E-state index contributed by atoms with van der Waals surface area (Å²) in [7, 11) is 0. The molecule has 0 spiro atoms. The fraction of sp³-hybridized carbons (Fsp3) is 0.364. The maximum absolute atomic E-state index is 12.8. The van der Waals surface area contributed by atoms with Crippen LogP contribution < -0.4 is 5.32 Å². The molecule has 0 atom stereocenters. The first kappa shape index (κ1) is 13.5. The van der Waals surface area contributed by atoms with E-state index in [2.05, 4.69) is 5.32 Å². The van der Waals surface area contributed by atoms with Crippen molar-refractivity contribution >= 4 is 5.91 Å². The number of rotatable bonds is 6. The molecule has 0 unspecified atom stereocenters. The highest BCUT2D eigenvalue weighted by molar-refractivity contribution is 5.94. The Morgan fingerprint density at radius 3 is 2.71 bits per heavy atom. The molecule has 0 aliphatic rings. The topological polar surface area (TPSA) is 58.6 Å². The van der Waals surface area contributed by atoms with Crippen LogP contribution in [0.25, 0.3) is 0 Å². The average Bonchev–Trinajstić information content (AvgIpc) is 2.32. The van der Waals surface area contributed by atoms with Crippen LogP contribution in [0.5, 0.6) is 0 Å². The fourth-order valence-corrected chi connectivity index (χ4v) is 1.14. The van der Waals surface area contributed by atoms with Crippen LogP contribution in [0.15, 0.2) is 18.2 Å². The molecule has 1 amide bonds. The van der Waals surface area contributed by atoms with Crippen molar-refractivity contribution in [1.29, 1.82) is 0 Å². The van der Waals surface area contributed by atoms with Crippen molar-refractivity contribution in [1.82, 2.24) is 5.32 Å². The Kier molecular flexibility index (Phi) is 5.51. The van der Waals surface area contributed by atoms with Gasteiger partial charge in [0.25, 0.3) is 5.91 Å². The summed E-state index contributed by atoms with van der Waals surface area (Å²) in [6, 6.07) is 2.92. The molecular formula is C11H13F2NO3. The summed E-state index contributed by atoms with van der Waals surface area (Å²) in [6.45, 7) is 0.589. The molecule has 94 valence electrons. The first-order chi connectivity index (χ1) is 8.15. The lowest BCUT2D eigenvalue weighted by molar-refractivity contribution is 0.0838. The van der Waals surface area contributed by atoms with E-state index in [-0.39, 0.29) is 31.9 Å². The van der Waals surface area contributed by atoms with Gasteiger partial charge in [0.15, 0.2) is 11.6 Å². The molecule has 0 saturated carbocycles. The molecule has 0 bridgehead atoms. The molecule has 0 radical (unpaired) electrons. The quantitative estimate of drug-likeness (QED) is 0.725. The van der Waals surface area contributed by atoms with Gasteiger partial charge < -0.3 is 15.2 Å². The number of aliphatic hydroxyl groups excluding tert-OH is 1. The smallest absolute Gasteiger partial charge is 0.251 e. The molecule has 0 aromatic heterocycles. The van der Waals surface area contributed by atoms with Gasteiger partial charge in [-0.15, -0.1) is 0 Å². The zero-order valence-electron chi connectivity index (χ0n) is 9.08. The number of nitrogens with one attached hydrogen (secondary N) is 1. The van der Waals surface area contributed by atoms with Crippen LogP contribution in [0, 0.1) is 11.6 Å². The Hall–Kier alpha value is -1.53. The van der Waals surface area contributed by atoms with Gasteiger partial charge in [-0.1, -0.05) is 0 Å². The van der Waals surface area contributed by atoms with Crippen molar-refractivity contribution in [2.45, 2.75) is 0 Å². The molecule has 0 aliphatic carbocycles. The van der Waals surface area contributed by atoms with E-state index in [0.717, 1.165) is 12.1 Å². The second-order valence-electron chi connectivity index (χ2n) is 3.22. The summed E-state index contributed by atoms with van der Waals surface area (Å²) in [5.41, 5.74) is 0.0473. The summed E-state index contributed by atoms with van der Waals surface area (Å²) in [4.78, 5) is 11.4. The van der Waals surface area contributed by atoms with Crippen LogP contribution in [0.3, 0.4) is 0 Å². The molecule has 6 heteroatoms. The number of hydrogen-bond donors (Lipinski definition) is 2. The molecule has 0 saturated heterocycles.